The van der Waals surface area contributed by atoms with Crippen LogP contribution in [0.3, 0.4) is 0 Å². The van der Waals surface area contributed by atoms with Crippen molar-refractivity contribution in [2.45, 2.75) is 30.8 Å². The summed E-state index contributed by atoms with van der Waals surface area (Å²) in [7, 11) is 1.42. The predicted molar refractivity (Wildman–Crippen MR) is 84.3 cm³/mol. The highest BCUT2D eigenvalue weighted by molar-refractivity contribution is 9.10. The lowest BCUT2D eigenvalue weighted by atomic mass is 9.84. The molecule has 0 aliphatic carbocycles. The van der Waals surface area contributed by atoms with E-state index in [1.807, 2.05) is 18.2 Å². The summed E-state index contributed by atoms with van der Waals surface area (Å²) in [5, 5.41) is 2.99. The maximum Gasteiger partial charge on any atom is 0.310 e. The summed E-state index contributed by atoms with van der Waals surface area (Å²) in [4.78, 5) is 27.3. The van der Waals surface area contributed by atoms with Crippen LogP contribution < -0.4 is 5.32 Å². The van der Waals surface area contributed by atoms with Crippen molar-refractivity contribution in [3.05, 3.63) is 28.2 Å². The first-order valence-electron chi connectivity index (χ1n) is 7.54. The number of carbonyl (C=O) groups excluding carboxylic acids is 2. The number of anilines is 1. The molecular weight excluding hydrogens is 348 g/mol. The van der Waals surface area contributed by atoms with Gasteiger partial charge < -0.3 is 10.1 Å². The highest BCUT2D eigenvalue weighted by atomic mass is 79.9. The number of hydrogen-bond donors (Lipinski definition) is 1. The second-order valence-corrected chi connectivity index (χ2v) is 7.16. The van der Waals surface area contributed by atoms with Gasteiger partial charge in [0.2, 0.25) is 5.91 Å². The number of methoxy groups -OCH3 is 1. The highest BCUT2D eigenvalue weighted by Gasteiger charge is 2.63. The van der Waals surface area contributed by atoms with Crippen molar-refractivity contribution in [1.82, 2.24) is 4.90 Å². The van der Waals surface area contributed by atoms with Gasteiger partial charge in [-0.1, -0.05) is 15.9 Å². The van der Waals surface area contributed by atoms with Gasteiger partial charge in [-0.15, -0.1) is 0 Å². The largest absolute Gasteiger partial charge is 0.469 e. The Bertz CT molecular complexity index is 677. The molecule has 6 heteroatoms. The molecule has 3 atom stereocenters. The number of fused-ring (bicyclic) bond motifs is 4. The minimum absolute atomic E-state index is 0.0149. The summed E-state index contributed by atoms with van der Waals surface area (Å²) in [6.45, 7) is 0.845. The van der Waals surface area contributed by atoms with Crippen molar-refractivity contribution < 1.29 is 14.3 Å². The smallest absolute Gasteiger partial charge is 0.310 e. The van der Waals surface area contributed by atoms with Crippen LogP contribution in [0.5, 0.6) is 0 Å². The molecule has 0 radical (unpaired) electrons. The minimum atomic E-state index is -0.723. The molecule has 1 spiro atoms. The zero-order valence-electron chi connectivity index (χ0n) is 12.3. The molecular formula is C16H17BrN2O3. The number of ether oxygens (including phenoxy) is 1. The molecule has 3 aliphatic rings. The predicted octanol–water partition coefficient (Wildman–Crippen LogP) is 2.25. The number of amides is 1. The van der Waals surface area contributed by atoms with E-state index in [1.54, 1.807) is 0 Å². The molecule has 2 saturated heterocycles. The quantitative estimate of drug-likeness (QED) is 0.776. The van der Waals surface area contributed by atoms with Crippen molar-refractivity contribution in [2.24, 2.45) is 5.92 Å². The van der Waals surface area contributed by atoms with Crippen molar-refractivity contribution in [3.8, 4) is 0 Å². The van der Waals surface area contributed by atoms with Gasteiger partial charge in [-0.2, -0.15) is 0 Å². The van der Waals surface area contributed by atoms with E-state index in [4.69, 9.17) is 4.74 Å². The molecule has 0 bridgehead atoms. The zero-order chi connectivity index (χ0) is 15.5. The average Bonchev–Trinajstić information content (AvgIpc) is 3.15. The second kappa shape index (κ2) is 4.80. The van der Waals surface area contributed by atoms with Crippen molar-refractivity contribution in [1.29, 1.82) is 0 Å². The molecule has 2 fully saturated rings. The van der Waals surface area contributed by atoms with E-state index < -0.39 is 5.54 Å². The number of benzene rings is 1. The van der Waals surface area contributed by atoms with Crippen molar-refractivity contribution >= 4 is 33.5 Å². The van der Waals surface area contributed by atoms with Gasteiger partial charge in [-0.05, 0) is 44.0 Å². The number of hydrogen-bond acceptors (Lipinski definition) is 4. The summed E-state index contributed by atoms with van der Waals surface area (Å²) < 4.78 is 5.93. The average molecular weight is 365 g/mol. The van der Waals surface area contributed by atoms with E-state index in [-0.39, 0.29) is 23.8 Å². The van der Waals surface area contributed by atoms with Crippen LogP contribution in [0.25, 0.3) is 0 Å². The monoisotopic (exact) mass is 364 g/mol. The lowest BCUT2D eigenvalue weighted by molar-refractivity contribution is -0.146. The van der Waals surface area contributed by atoms with E-state index in [0.29, 0.717) is 6.42 Å². The maximum absolute atomic E-state index is 12.8. The van der Waals surface area contributed by atoms with E-state index in [9.17, 15) is 9.59 Å². The Morgan fingerprint density at radius 1 is 1.50 bits per heavy atom. The lowest BCUT2D eigenvalue weighted by Crippen LogP contribution is -2.47. The Balaban J connectivity index is 1.86. The van der Waals surface area contributed by atoms with E-state index >= 15 is 0 Å². The molecule has 22 heavy (non-hydrogen) atoms. The van der Waals surface area contributed by atoms with Crippen LogP contribution in [0.1, 0.15) is 24.8 Å². The molecule has 1 amide bonds. The Morgan fingerprint density at radius 2 is 2.32 bits per heavy atom. The van der Waals surface area contributed by atoms with E-state index in [2.05, 4.69) is 26.1 Å². The SMILES string of the molecule is COC(=O)C1CC2(C(=O)Nc3ccc(Br)cc32)N2CCCC12. The van der Waals surface area contributed by atoms with Crippen LogP contribution in [0.4, 0.5) is 5.69 Å². The normalized spacial score (nSPS) is 32.9. The molecule has 0 saturated carbocycles. The molecule has 3 heterocycles. The molecule has 1 aromatic rings. The van der Waals surface area contributed by atoms with Gasteiger partial charge in [0.15, 0.2) is 0 Å². The van der Waals surface area contributed by atoms with Crippen molar-refractivity contribution in [3.63, 3.8) is 0 Å². The fourth-order valence-corrected chi connectivity index (χ4v) is 4.81. The van der Waals surface area contributed by atoms with Crippen LogP contribution in [-0.2, 0) is 19.9 Å². The first-order chi connectivity index (χ1) is 10.6. The molecule has 5 nitrogen and oxygen atoms in total. The van der Waals surface area contributed by atoms with E-state index in [0.717, 1.165) is 35.1 Å². The van der Waals surface area contributed by atoms with Gasteiger partial charge in [0.05, 0.1) is 13.0 Å². The van der Waals surface area contributed by atoms with Gasteiger partial charge in [0.1, 0.15) is 5.54 Å². The summed E-state index contributed by atoms with van der Waals surface area (Å²) in [5.74, 6) is -0.452. The Kier molecular flexibility index (Phi) is 3.10. The number of nitrogens with one attached hydrogen (secondary N) is 1. The number of carbonyl (C=O) groups is 2. The van der Waals surface area contributed by atoms with Crippen LogP contribution in [0.15, 0.2) is 22.7 Å². The standard InChI is InChI=1S/C16H17BrN2O3/c1-22-14(20)10-8-16(19-6-2-3-13(10)19)11-7-9(17)4-5-12(11)18-15(16)21/h4-5,7,10,13H,2-3,6,8H2,1H3,(H,18,21). The minimum Gasteiger partial charge on any atom is -0.469 e. The Hall–Kier alpha value is -1.40. The topological polar surface area (TPSA) is 58.6 Å². The van der Waals surface area contributed by atoms with Gasteiger partial charge in [0.25, 0.3) is 0 Å². The zero-order valence-corrected chi connectivity index (χ0v) is 13.9. The van der Waals surface area contributed by atoms with Gasteiger partial charge in [-0.25, -0.2) is 0 Å². The molecule has 0 aromatic heterocycles. The molecule has 4 rings (SSSR count). The van der Waals surface area contributed by atoms with E-state index in [1.165, 1.54) is 7.11 Å². The first-order valence-corrected chi connectivity index (χ1v) is 8.33. The van der Waals surface area contributed by atoms with Crippen LogP contribution >= 0.6 is 15.9 Å². The lowest BCUT2D eigenvalue weighted by Gasteiger charge is -2.32. The van der Waals surface area contributed by atoms with Gasteiger partial charge >= 0.3 is 5.97 Å². The Morgan fingerprint density at radius 3 is 3.09 bits per heavy atom. The fourth-order valence-electron chi connectivity index (χ4n) is 4.45. The van der Waals surface area contributed by atoms with Gasteiger partial charge in [0, 0.05) is 21.8 Å². The third-order valence-electron chi connectivity index (χ3n) is 5.32. The second-order valence-electron chi connectivity index (χ2n) is 6.24. The summed E-state index contributed by atoms with van der Waals surface area (Å²) in [5.41, 5.74) is 1.11. The number of halogens is 1. The summed E-state index contributed by atoms with van der Waals surface area (Å²) >= 11 is 3.50. The summed E-state index contributed by atoms with van der Waals surface area (Å²) in [6.07, 6.45) is 2.45. The fraction of sp³-hybridized carbons (Fsp3) is 0.500. The van der Waals surface area contributed by atoms with Crippen LogP contribution in [-0.4, -0.2) is 36.5 Å². The Labute approximate surface area is 137 Å². The maximum atomic E-state index is 12.8. The first kappa shape index (κ1) is 14.2. The van der Waals surface area contributed by atoms with Crippen LogP contribution in [0.2, 0.25) is 0 Å². The van der Waals surface area contributed by atoms with Crippen LogP contribution in [0, 0.1) is 5.92 Å². The number of nitrogens with zero attached hydrogens (tertiary/aromatic N) is 1. The molecule has 3 aliphatic heterocycles. The summed E-state index contributed by atoms with van der Waals surface area (Å²) in [6, 6.07) is 5.94. The molecule has 116 valence electrons. The highest BCUT2D eigenvalue weighted by Crippen LogP contribution is 2.54. The van der Waals surface area contributed by atoms with Gasteiger partial charge in [-0.3, -0.25) is 14.5 Å². The molecule has 3 unspecified atom stereocenters. The number of esters is 1. The third-order valence-corrected chi connectivity index (χ3v) is 5.82. The number of rotatable bonds is 1. The molecule has 1 N–H and O–H groups in total. The molecule has 1 aromatic carbocycles. The van der Waals surface area contributed by atoms with Crippen molar-refractivity contribution in [2.75, 3.05) is 19.0 Å². The third kappa shape index (κ3) is 1.68.